The van der Waals surface area contributed by atoms with Gasteiger partial charge in [0.05, 0.1) is 19.3 Å². The first-order valence-electron chi connectivity index (χ1n) is 9.10. The highest BCUT2D eigenvalue weighted by Crippen LogP contribution is 2.26. The molecule has 0 aromatic heterocycles. The van der Waals surface area contributed by atoms with Crippen LogP contribution in [0.15, 0.2) is 60.7 Å². The summed E-state index contributed by atoms with van der Waals surface area (Å²) in [6.45, 7) is 1.83. The Morgan fingerprint density at radius 2 is 1.93 bits per heavy atom. The lowest BCUT2D eigenvalue weighted by molar-refractivity contribution is -0.176. The maximum Gasteiger partial charge on any atom is 0.176 e. The topological polar surface area (TPSA) is 30.5 Å². The summed E-state index contributed by atoms with van der Waals surface area (Å²) in [5.41, 5.74) is 2.11. The molecular formula is C22H21ClFNO2. The molecule has 27 heavy (non-hydrogen) atoms. The van der Waals surface area contributed by atoms with E-state index >= 15 is 0 Å². The molecule has 0 spiro atoms. The summed E-state index contributed by atoms with van der Waals surface area (Å²) in [6.07, 6.45) is 0.325. The average Bonchev–Trinajstić information content (AvgIpc) is 2.69. The highest BCUT2D eigenvalue weighted by molar-refractivity contribution is 6.31. The Hall–Kier alpha value is -1.98. The van der Waals surface area contributed by atoms with Crippen molar-refractivity contribution >= 4 is 22.4 Å². The van der Waals surface area contributed by atoms with Gasteiger partial charge in [0.15, 0.2) is 6.29 Å². The number of fused-ring (bicyclic) bond motifs is 1. The Labute approximate surface area is 163 Å². The summed E-state index contributed by atoms with van der Waals surface area (Å²) < 4.78 is 25.1. The number of hydrogen-bond acceptors (Lipinski definition) is 3. The van der Waals surface area contributed by atoms with Gasteiger partial charge >= 0.3 is 0 Å². The van der Waals surface area contributed by atoms with Gasteiger partial charge in [-0.15, -0.1) is 0 Å². The number of benzene rings is 3. The van der Waals surface area contributed by atoms with Gasteiger partial charge in [0.2, 0.25) is 0 Å². The van der Waals surface area contributed by atoms with Crippen molar-refractivity contribution in [2.75, 3.05) is 19.8 Å². The molecule has 1 fully saturated rings. The zero-order valence-corrected chi connectivity index (χ0v) is 15.6. The van der Waals surface area contributed by atoms with Gasteiger partial charge in [-0.2, -0.15) is 0 Å². The van der Waals surface area contributed by atoms with Crippen LogP contribution < -0.4 is 5.32 Å². The fourth-order valence-corrected chi connectivity index (χ4v) is 3.76. The van der Waals surface area contributed by atoms with Gasteiger partial charge < -0.3 is 14.8 Å². The molecule has 140 valence electrons. The molecule has 3 aromatic rings. The molecule has 1 aliphatic rings. The van der Waals surface area contributed by atoms with Crippen LogP contribution in [0.5, 0.6) is 0 Å². The quantitative estimate of drug-likeness (QED) is 0.679. The van der Waals surface area contributed by atoms with E-state index in [2.05, 4.69) is 17.4 Å². The van der Waals surface area contributed by atoms with Crippen molar-refractivity contribution in [1.29, 1.82) is 0 Å². The molecule has 1 N–H and O–H groups in total. The second kappa shape index (κ2) is 8.36. The van der Waals surface area contributed by atoms with Crippen molar-refractivity contribution in [2.45, 2.75) is 18.8 Å². The Morgan fingerprint density at radius 1 is 1.11 bits per heavy atom. The summed E-state index contributed by atoms with van der Waals surface area (Å²) in [6, 6.07) is 18.5. The SMILES string of the molecule is Fc1ccc([C@@H]2NCCO[C@H]2OCCc2cc(Cl)cc3ccccc23)cc1. The molecule has 0 aliphatic carbocycles. The van der Waals surface area contributed by atoms with E-state index in [4.69, 9.17) is 21.1 Å². The molecule has 1 saturated heterocycles. The van der Waals surface area contributed by atoms with Crippen LogP contribution in [0.4, 0.5) is 4.39 Å². The number of ether oxygens (including phenoxy) is 2. The maximum atomic E-state index is 13.2. The second-order valence-electron chi connectivity index (χ2n) is 6.63. The standard InChI is InChI=1S/C22H21ClFNO2/c23-18-13-16-3-1-2-4-20(16)17(14-18)9-11-26-22-21(25-10-12-27-22)15-5-7-19(24)8-6-15/h1-8,13-14,21-22,25H,9-12H2/t21-,22+/m0/s1. The van der Waals surface area contributed by atoms with Gasteiger partial charge in [0.1, 0.15) is 5.82 Å². The van der Waals surface area contributed by atoms with Gasteiger partial charge in [-0.05, 0) is 52.6 Å². The van der Waals surface area contributed by atoms with E-state index in [1.54, 1.807) is 12.1 Å². The fourth-order valence-electron chi connectivity index (χ4n) is 3.51. The Balaban J connectivity index is 1.45. The summed E-state index contributed by atoms with van der Waals surface area (Å²) >= 11 is 6.26. The Morgan fingerprint density at radius 3 is 2.78 bits per heavy atom. The smallest absolute Gasteiger partial charge is 0.176 e. The third-order valence-electron chi connectivity index (χ3n) is 4.82. The zero-order valence-electron chi connectivity index (χ0n) is 14.8. The van der Waals surface area contributed by atoms with Crippen LogP contribution in [0.1, 0.15) is 17.2 Å². The van der Waals surface area contributed by atoms with Crippen molar-refractivity contribution in [1.82, 2.24) is 5.32 Å². The molecule has 0 unspecified atom stereocenters. The highest BCUT2D eigenvalue weighted by atomic mass is 35.5. The monoisotopic (exact) mass is 385 g/mol. The first-order valence-corrected chi connectivity index (χ1v) is 9.48. The molecule has 0 bridgehead atoms. The first kappa shape index (κ1) is 18.4. The van der Waals surface area contributed by atoms with Crippen LogP contribution in [-0.4, -0.2) is 26.0 Å². The van der Waals surface area contributed by atoms with E-state index in [-0.39, 0.29) is 11.9 Å². The van der Waals surface area contributed by atoms with Gasteiger partial charge in [-0.3, -0.25) is 0 Å². The minimum atomic E-state index is -0.408. The predicted octanol–water partition coefficient (Wildman–Crippen LogP) is 4.88. The summed E-state index contributed by atoms with van der Waals surface area (Å²) in [7, 11) is 0. The minimum Gasteiger partial charge on any atom is -0.350 e. The molecule has 0 saturated carbocycles. The summed E-state index contributed by atoms with van der Waals surface area (Å²) in [5, 5.41) is 6.43. The number of morpholine rings is 1. The largest absolute Gasteiger partial charge is 0.350 e. The highest BCUT2D eigenvalue weighted by Gasteiger charge is 2.27. The van der Waals surface area contributed by atoms with Gasteiger partial charge in [-0.1, -0.05) is 48.0 Å². The van der Waals surface area contributed by atoms with Crippen LogP contribution in [0, 0.1) is 5.82 Å². The van der Waals surface area contributed by atoms with Crippen molar-refractivity contribution < 1.29 is 13.9 Å². The third-order valence-corrected chi connectivity index (χ3v) is 5.03. The zero-order chi connectivity index (χ0) is 18.6. The number of hydrogen-bond donors (Lipinski definition) is 1. The molecule has 1 heterocycles. The molecule has 1 aliphatic heterocycles. The van der Waals surface area contributed by atoms with Gasteiger partial charge in [0.25, 0.3) is 0 Å². The molecule has 5 heteroatoms. The summed E-state index contributed by atoms with van der Waals surface area (Å²) in [5.74, 6) is -0.249. The van der Waals surface area contributed by atoms with Crippen LogP contribution in [-0.2, 0) is 15.9 Å². The van der Waals surface area contributed by atoms with Crippen LogP contribution in [0.2, 0.25) is 5.02 Å². The molecule has 4 rings (SSSR count). The van der Waals surface area contributed by atoms with Gasteiger partial charge in [-0.25, -0.2) is 4.39 Å². The Bertz CT molecular complexity index is 916. The fraction of sp³-hybridized carbons (Fsp3) is 0.273. The molecular weight excluding hydrogens is 365 g/mol. The average molecular weight is 386 g/mol. The molecule has 3 nitrogen and oxygen atoms in total. The normalized spacial score (nSPS) is 20.1. The first-order chi connectivity index (χ1) is 13.2. The second-order valence-corrected chi connectivity index (χ2v) is 7.07. The van der Waals surface area contributed by atoms with E-state index < -0.39 is 6.29 Å². The van der Waals surface area contributed by atoms with E-state index in [0.29, 0.717) is 13.2 Å². The van der Waals surface area contributed by atoms with Crippen molar-refractivity contribution in [3.05, 3.63) is 82.6 Å². The van der Waals surface area contributed by atoms with Gasteiger partial charge in [0, 0.05) is 11.6 Å². The number of nitrogens with one attached hydrogen (secondary N) is 1. The van der Waals surface area contributed by atoms with Crippen molar-refractivity contribution in [3.8, 4) is 0 Å². The maximum absolute atomic E-state index is 13.2. The lowest BCUT2D eigenvalue weighted by Crippen LogP contribution is -2.43. The van der Waals surface area contributed by atoms with Crippen LogP contribution in [0.25, 0.3) is 10.8 Å². The number of rotatable bonds is 5. The third kappa shape index (κ3) is 4.30. The van der Waals surface area contributed by atoms with Crippen LogP contribution >= 0.6 is 11.6 Å². The van der Waals surface area contributed by atoms with Crippen LogP contribution in [0.3, 0.4) is 0 Å². The molecule has 2 atom stereocenters. The molecule has 0 radical (unpaired) electrons. The lowest BCUT2D eigenvalue weighted by Gasteiger charge is -2.33. The Kier molecular flexibility index (Phi) is 5.69. The van der Waals surface area contributed by atoms with E-state index in [9.17, 15) is 4.39 Å². The number of halogens is 2. The van der Waals surface area contributed by atoms with E-state index in [0.717, 1.165) is 34.5 Å². The summed E-state index contributed by atoms with van der Waals surface area (Å²) in [4.78, 5) is 0. The van der Waals surface area contributed by atoms with Crippen molar-refractivity contribution in [2.24, 2.45) is 0 Å². The lowest BCUT2D eigenvalue weighted by atomic mass is 10.0. The molecule has 0 amide bonds. The predicted molar refractivity (Wildman–Crippen MR) is 105 cm³/mol. The van der Waals surface area contributed by atoms with E-state index in [1.807, 2.05) is 24.3 Å². The van der Waals surface area contributed by atoms with E-state index in [1.165, 1.54) is 17.5 Å². The van der Waals surface area contributed by atoms with Crippen molar-refractivity contribution in [3.63, 3.8) is 0 Å². The molecule has 3 aromatic carbocycles. The minimum absolute atomic E-state index is 0.115.